The summed E-state index contributed by atoms with van der Waals surface area (Å²) in [7, 11) is 0. The first kappa shape index (κ1) is 15.6. The van der Waals surface area contributed by atoms with Crippen molar-refractivity contribution in [1.29, 1.82) is 0 Å². The molecule has 1 aromatic carbocycles. The second-order valence-corrected chi connectivity index (χ2v) is 4.84. The minimum atomic E-state index is -0.310. The van der Waals surface area contributed by atoms with Gasteiger partial charge in [0.1, 0.15) is 5.69 Å². The molecule has 2 aromatic rings. The van der Waals surface area contributed by atoms with E-state index in [1.54, 1.807) is 12.3 Å². The molecule has 4 heteroatoms. The molecule has 112 valence electrons. The van der Waals surface area contributed by atoms with Gasteiger partial charge in [0.05, 0.1) is 5.71 Å². The van der Waals surface area contributed by atoms with E-state index in [9.17, 15) is 4.79 Å². The summed E-state index contributed by atoms with van der Waals surface area (Å²) in [6.07, 6.45) is 6.40. The van der Waals surface area contributed by atoms with Crippen molar-refractivity contribution in [2.75, 3.05) is 0 Å². The summed E-state index contributed by atoms with van der Waals surface area (Å²) >= 11 is 0. The summed E-state index contributed by atoms with van der Waals surface area (Å²) in [5.41, 5.74) is 5.76. The molecule has 0 saturated heterocycles. The van der Waals surface area contributed by atoms with E-state index in [1.807, 2.05) is 62.4 Å². The smallest absolute Gasteiger partial charge is 0.266 e. The van der Waals surface area contributed by atoms with Crippen molar-refractivity contribution in [3.05, 3.63) is 71.6 Å². The predicted molar refractivity (Wildman–Crippen MR) is 89.7 cm³/mol. The number of allylic oxidation sites excluding steroid dienone is 1. The van der Waals surface area contributed by atoms with Gasteiger partial charge in [0.25, 0.3) is 5.91 Å². The van der Waals surface area contributed by atoms with Crippen LogP contribution in [0.1, 0.15) is 35.5 Å². The van der Waals surface area contributed by atoms with Crippen molar-refractivity contribution in [3.63, 3.8) is 0 Å². The molecule has 0 aliphatic heterocycles. The number of nitrogens with one attached hydrogen (secondary N) is 1. The fourth-order valence-corrected chi connectivity index (χ4v) is 1.78. The molecule has 1 aromatic heterocycles. The minimum Gasteiger partial charge on any atom is -0.266 e. The molecule has 0 spiro atoms. The number of hydrogen-bond acceptors (Lipinski definition) is 3. The molecule has 0 atom stereocenters. The summed E-state index contributed by atoms with van der Waals surface area (Å²) in [4.78, 5) is 16.0. The number of carbonyl (C=O) groups excluding carboxylic acids is 1. The maximum atomic E-state index is 11.9. The Morgan fingerprint density at radius 2 is 2.00 bits per heavy atom. The Morgan fingerprint density at radius 1 is 1.23 bits per heavy atom. The molecule has 0 aliphatic rings. The molecular formula is C18H19N3O. The van der Waals surface area contributed by atoms with E-state index in [2.05, 4.69) is 15.5 Å². The van der Waals surface area contributed by atoms with Gasteiger partial charge >= 0.3 is 0 Å². The number of aryl methyl sites for hydroxylation is 1. The topological polar surface area (TPSA) is 54.4 Å². The van der Waals surface area contributed by atoms with Crippen LogP contribution in [-0.4, -0.2) is 16.6 Å². The Morgan fingerprint density at radius 3 is 2.64 bits per heavy atom. The van der Waals surface area contributed by atoms with Gasteiger partial charge in [0.2, 0.25) is 0 Å². The van der Waals surface area contributed by atoms with Gasteiger partial charge in [-0.1, -0.05) is 49.4 Å². The van der Waals surface area contributed by atoms with Crippen LogP contribution in [0, 0.1) is 0 Å². The second kappa shape index (κ2) is 7.88. The lowest BCUT2D eigenvalue weighted by molar-refractivity contribution is 0.0950. The average Bonchev–Trinajstić information content (AvgIpc) is 2.58. The quantitative estimate of drug-likeness (QED) is 0.678. The number of hydrogen-bond donors (Lipinski definition) is 1. The Bertz CT molecular complexity index is 673. The Balaban J connectivity index is 1.94. The van der Waals surface area contributed by atoms with Gasteiger partial charge in [-0.15, -0.1) is 0 Å². The number of carbonyl (C=O) groups is 1. The van der Waals surface area contributed by atoms with Crippen LogP contribution in [0.15, 0.2) is 59.8 Å². The largest absolute Gasteiger partial charge is 0.289 e. The van der Waals surface area contributed by atoms with Crippen LogP contribution in [0.3, 0.4) is 0 Å². The zero-order valence-electron chi connectivity index (χ0n) is 12.8. The van der Waals surface area contributed by atoms with Gasteiger partial charge in [0.15, 0.2) is 0 Å². The molecular weight excluding hydrogens is 274 g/mol. The van der Waals surface area contributed by atoms with E-state index < -0.39 is 0 Å². The highest BCUT2D eigenvalue weighted by Gasteiger charge is 2.05. The van der Waals surface area contributed by atoms with Crippen LogP contribution in [0.4, 0.5) is 0 Å². The van der Waals surface area contributed by atoms with Crippen molar-refractivity contribution in [1.82, 2.24) is 10.4 Å². The molecule has 0 fully saturated rings. The molecule has 1 heterocycles. The van der Waals surface area contributed by atoms with Gasteiger partial charge < -0.3 is 0 Å². The Labute approximate surface area is 130 Å². The maximum absolute atomic E-state index is 11.9. The number of aromatic nitrogens is 1. The second-order valence-electron chi connectivity index (χ2n) is 4.84. The van der Waals surface area contributed by atoms with Crippen molar-refractivity contribution in [2.24, 2.45) is 5.10 Å². The highest BCUT2D eigenvalue weighted by molar-refractivity contribution is 5.98. The van der Waals surface area contributed by atoms with E-state index in [4.69, 9.17) is 0 Å². The molecule has 0 aliphatic carbocycles. The van der Waals surface area contributed by atoms with Crippen molar-refractivity contribution in [2.45, 2.75) is 20.3 Å². The summed E-state index contributed by atoms with van der Waals surface area (Å²) in [5.74, 6) is -0.310. The van der Waals surface area contributed by atoms with Crippen molar-refractivity contribution < 1.29 is 4.79 Å². The zero-order chi connectivity index (χ0) is 15.8. The van der Waals surface area contributed by atoms with Crippen molar-refractivity contribution in [3.8, 4) is 0 Å². The number of hydrazone groups is 1. The fraction of sp³-hybridized carbons (Fsp3) is 0.167. The molecule has 0 saturated carbocycles. The summed E-state index contributed by atoms with van der Waals surface area (Å²) in [6, 6.07) is 13.5. The molecule has 0 radical (unpaired) electrons. The molecule has 4 nitrogen and oxygen atoms in total. The van der Waals surface area contributed by atoms with Gasteiger partial charge in [0, 0.05) is 6.20 Å². The fourth-order valence-electron chi connectivity index (χ4n) is 1.78. The third-order valence-electron chi connectivity index (χ3n) is 3.12. The van der Waals surface area contributed by atoms with E-state index in [0.29, 0.717) is 11.4 Å². The average molecular weight is 293 g/mol. The highest BCUT2D eigenvalue weighted by Crippen LogP contribution is 2.02. The van der Waals surface area contributed by atoms with Crippen LogP contribution in [0.5, 0.6) is 0 Å². The third kappa shape index (κ3) is 4.66. The first-order valence-corrected chi connectivity index (χ1v) is 7.21. The number of amides is 1. The summed E-state index contributed by atoms with van der Waals surface area (Å²) in [5, 5.41) is 4.05. The third-order valence-corrected chi connectivity index (χ3v) is 3.12. The van der Waals surface area contributed by atoms with E-state index in [0.717, 1.165) is 17.5 Å². The Hall–Kier alpha value is -2.75. The number of rotatable bonds is 5. The van der Waals surface area contributed by atoms with Crippen LogP contribution in [0.2, 0.25) is 0 Å². The lowest BCUT2D eigenvalue weighted by Gasteiger charge is -2.01. The van der Waals surface area contributed by atoms with Crippen LogP contribution < -0.4 is 5.43 Å². The number of benzene rings is 1. The standard InChI is InChI=1S/C18H19N3O/c1-3-15-11-12-17(19-13-15)18(22)21-20-14(2)9-10-16-7-5-4-6-8-16/h4-13H,3H2,1-2H3,(H,21,22)/b10-9-,20-14?. The van der Waals surface area contributed by atoms with Gasteiger partial charge in [-0.2, -0.15) is 5.10 Å². The highest BCUT2D eigenvalue weighted by atomic mass is 16.2. The van der Waals surface area contributed by atoms with Crippen molar-refractivity contribution >= 4 is 17.7 Å². The molecule has 0 unspecified atom stereocenters. The lowest BCUT2D eigenvalue weighted by atomic mass is 10.2. The molecule has 2 rings (SSSR count). The number of nitrogens with zero attached hydrogens (tertiary/aromatic N) is 2. The molecule has 1 N–H and O–H groups in total. The zero-order valence-corrected chi connectivity index (χ0v) is 12.8. The normalized spacial score (nSPS) is 11.6. The van der Waals surface area contributed by atoms with Gasteiger partial charge in [-0.3, -0.25) is 9.78 Å². The molecule has 1 amide bonds. The summed E-state index contributed by atoms with van der Waals surface area (Å²) < 4.78 is 0. The van der Waals surface area contributed by atoms with Gasteiger partial charge in [-0.25, -0.2) is 5.43 Å². The summed E-state index contributed by atoms with van der Waals surface area (Å²) in [6.45, 7) is 3.87. The first-order chi connectivity index (χ1) is 10.7. The van der Waals surface area contributed by atoms with Crippen LogP contribution >= 0.6 is 0 Å². The van der Waals surface area contributed by atoms with E-state index in [1.165, 1.54) is 0 Å². The maximum Gasteiger partial charge on any atom is 0.289 e. The van der Waals surface area contributed by atoms with Gasteiger partial charge in [-0.05, 0) is 36.6 Å². The van der Waals surface area contributed by atoms with E-state index >= 15 is 0 Å². The SMILES string of the molecule is CCc1ccc(C(=O)NN=C(C)/C=C\c2ccccc2)nc1. The molecule has 0 bridgehead atoms. The first-order valence-electron chi connectivity index (χ1n) is 7.21. The monoisotopic (exact) mass is 293 g/mol. The lowest BCUT2D eigenvalue weighted by Crippen LogP contribution is -2.19. The Kier molecular flexibility index (Phi) is 5.60. The van der Waals surface area contributed by atoms with Crippen LogP contribution in [-0.2, 0) is 6.42 Å². The minimum absolute atomic E-state index is 0.310. The van der Waals surface area contributed by atoms with Crippen LogP contribution in [0.25, 0.3) is 6.08 Å². The predicted octanol–water partition coefficient (Wildman–Crippen LogP) is 3.46. The van der Waals surface area contributed by atoms with E-state index in [-0.39, 0.29) is 5.91 Å². The number of pyridine rings is 1. The molecule has 22 heavy (non-hydrogen) atoms.